The smallest absolute Gasteiger partial charge is 0.0110 e. The summed E-state index contributed by atoms with van der Waals surface area (Å²) in [4.78, 5) is 5.37. The van der Waals surface area contributed by atoms with Gasteiger partial charge in [-0.05, 0) is 57.2 Å². The third-order valence-electron chi connectivity index (χ3n) is 4.70. The summed E-state index contributed by atoms with van der Waals surface area (Å²) < 4.78 is 0. The molecular formula is C16H33N3. The number of hydrogen-bond donors (Lipinski definition) is 1. The summed E-state index contributed by atoms with van der Waals surface area (Å²) in [5.41, 5.74) is 0. The third kappa shape index (κ3) is 5.80. The molecule has 0 aromatic rings. The van der Waals surface area contributed by atoms with Crippen molar-refractivity contribution in [1.29, 1.82) is 0 Å². The van der Waals surface area contributed by atoms with Crippen molar-refractivity contribution >= 4 is 0 Å². The molecule has 1 N–H and O–H groups in total. The Morgan fingerprint density at radius 3 is 2.26 bits per heavy atom. The first kappa shape index (κ1) is 15.3. The highest BCUT2D eigenvalue weighted by Crippen LogP contribution is 2.15. The lowest BCUT2D eigenvalue weighted by molar-refractivity contribution is 0.109. The van der Waals surface area contributed by atoms with Crippen LogP contribution in [0.15, 0.2) is 0 Å². The van der Waals surface area contributed by atoms with E-state index in [-0.39, 0.29) is 0 Å². The van der Waals surface area contributed by atoms with Crippen molar-refractivity contribution in [2.45, 2.75) is 39.5 Å². The lowest BCUT2D eigenvalue weighted by atomic mass is 9.97. The molecule has 0 radical (unpaired) electrons. The predicted molar refractivity (Wildman–Crippen MR) is 82.5 cm³/mol. The van der Waals surface area contributed by atoms with Crippen molar-refractivity contribution in [2.24, 2.45) is 11.8 Å². The molecule has 0 saturated carbocycles. The number of nitrogens with zero attached hydrogens (tertiary/aromatic N) is 2. The third-order valence-corrected chi connectivity index (χ3v) is 4.70. The molecule has 0 aromatic heterocycles. The van der Waals surface area contributed by atoms with Crippen molar-refractivity contribution in [3.63, 3.8) is 0 Å². The topological polar surface area (TPSA) is 18.5 Å². The van der Waals surface area contributed by atoms with Crippen LogP contribution in [0, 0.1) is 11.8 Å². The lowest BCUT2D eigenvalue weighted by Crippen LogP contribution is -2.48. The minimum absolute atomic E-state index is 0.862. The quantitative estimate of drug-likeness (QED) is 0.794. The zero-order valence-corrected chi connectivity index (χ0v) is 13.0. The summed E-state index contributed by atoms with van der Waals surface area (Å²) in [5.74, 6) is 1.81. The SMILES string of the molecule is CC(C)CCCN1CCN(CC2CCNCC2)CC1. The van der Waals surface area contributed by atoms with Crippen LogP contribution in [0.4, 0.5) is 0 Å². The van der Waals surface area contributed by atoms with Gasteiger partial charge in [0, 0.05) is 32.7 Å². The number of piperidine rings is 1. The van der Waals surface area contributed by atoms with Crippen LogP contribution in [0.2, 0.25) is 0 Å². The van der Waals surface area contributed by atoms with E-state index < -0.39 is 0 Å². The van der Waals surface area contributed by atoms with Gasteiger partial charge in [0.05, 0.1) is 0 Å². The molecule has 2 heterocycles. The fourth-order valence-corrected chi connectivity index (χ4v) is 3.35. The van der Waals surface area contributed by atoms with Gasteiger partial charge < -0.3 is 15.1 Å². The molecule has 112 valence electrons. The second kappa shape index (κ2) is 8.23. The number of nitrogens with one attached hydrogen (secondary N) is 1. The summed E-state index contributed by atoms with van der Waals surface area (Å²) in [7, 11) is 0. The van der Waals surface area contributed by atoms with Crippen molar-refractivity contribution in [2.75, 3.05) is 52.4 Å². The largest absolute Gasteiger partial charge is 0.317 e. The van der Waals surface area contributed by atoms with E-state index in [9.17, 15) is 0 Å². The molecule has 0 bridgehead atoms. The molecule has 0 amide bonds. The molecule has 19 heavy (non-hydrogen) atoms. The Hall–Kier alpha value is -0.120. The molecule has 0 aliphatic carbocycles. The number of hydrogen-bond acceptors (Lipinski definition) is 3. The highest BCUT2D eigenvalue weighted by molar-refractivity contribution is 4.77. The van der Waals surface area contributed by atoms with Gasteiger partial charge >= 0.3 is 0 Å². The van der Waals surface area contributed by atoms with E-state index in [4.69, 9.17) is 0 Å². The normalized spacial score (nSPS) is 24.2. The van der Waals surface area contributed by atoms with E-state index in [1.54, 1.807) is 0 Å². The first-order chi connectivity index (χ1) is 9.24. The number of rotatable bonds is 6. The molecule has 0 aromatic carbocycles. The van der Waals surface area contributed by atoms with Crippen LogP contribution in [0.5, 0.6) is 0 Å². The molecule has 2 fully saturated rings. The van der Waals surface area contributed by atoms with Gasteiger partial charge in [0.2, 0.25) is 0 Å². The highest BCUT2D eigenvalue weighted by Gasteiger charge is 2.21. The summed E-state index contributed by atoms with van der Waals surface area (Å²) in [6, 6.07) is 0. The zero-order chi connectivity index (χ0) is 13.5. The molecule has 2 saturated heterocycles. The van der Waals surface area contributed by atoms with Crippen LogP contribution in [0.3, 0.4) is 0 Å². The van der Waals surface area contributed by atoms with Gasteiger partial charge in [-0.25, -0.2) is 0 Å². The van der Waals surface area contributed by atoms with Crippen molar-refractivity contribution < 1.29 is 0 Å². The zero-order valence-electron chi connectivity index (χ0n) is 13.0. The summed E-state index contributed by atoms with van der Waals surface area (Å²) >= 11 is 0. The van der Waals surface area contributed by atoms with Crippen molar-refractivity contribution in [1.82, 2.24) is 15.1 Å². The molecule has 3 heteroatoms. The standard InChI is InChI=1S/C16H33N3/c1-15(2)4-3-9-18-10-12-19(13-11-18)14-16-5-7-17-8-6-16/h15-17H,3-14H2,1-2H3. The summed E-state index contributed by atoms with van der Waals surface area (Å²) in [6.45, 7) is 15.0. The first-order valence-corrected chi connectivity index (χ1v) is 8.39. The minimum Gasteiger partial charge on any atom is -0.317 e. The Morgan fingerprint density at radius 2 is 1.63 bits per heavy atom. The van der Waals surface area contributed by atoms with E-state index in [2.05, 4.69) is 29.0 Å². The Balaban J connectivity index is 1.56. The van der Waals surface area contributed by atoms with Gasteiger partial charge in [-0.1, -0.05) is 13.8 Å². The first-order valence-electron chi connectivity index (χ1n) is 8.39. The van der Waals surface area contributed by atoms with Crippen LogP contribution < -0.4 is 5.32 Å². The molecule has 0 spiro atoms. The number of piperazine rings is 1. The van der Waals surface area contributed by atoms with E-state index in [1.165, 1.54) is 78.0 Å². The molecule has 2 rings (SSSR count). The molecule has 2 aliphatic heterocycles. The minimum atomic E-state index is 0.862. The average Bonchev–Trinajstić information content (AvgIpc) is 2.42. The van der Waals surface area contributed by atoms with Crippen molar-refractivity contribution in [3.05, 3.63) is 0 Å². The van der Waals surface area contributed by atoms with E-state index in [0.29, 0.717) is 0 Å². The maximum atomic E-state index is 3.46. The Bertz CT molecular complexity index is 228. The molecule has 2 aliphatic rings. The van der Waals surface area contributed by atoms with Gasteiger partial charge in [0.25, 0.3) is 0 Å². The summed E-state index contributed by atoms with van der Waals surface area (Å²) in [6.07, 6.45) is 5.53. The van der Waals surface area contributed by atoms with Crippen LogP contribution in [-0.2, 0) is 0 Å². The second-order valence-corrected chi connectivity index (χ2v) is 6.87. The second-order valence-electron chi connectivity index (χ2n) is 6.87. The van der Waals surface area contributed by atoms with Crippen LogP contribution in [0.1, 0.15) is 39.5 Å². The Morgan fingerprint density at radius 1 is 1.00 bits per heavy atom. The van der Waals surface area contributed by atoms with E-state index >= 15 is 0 Å². The predicted octanol–water partition coefficient (Wildman–Crippen LogP) is 2.04. The van der Waals surface area contributed by atoms with Crippen molar-refractivity contribution in [3.8, 4) is 0 Å². The highest BCUT2D eigenvalue weighted by atomic mass is 15.3. The van der Waals surface area contributed by atoms with E-state index in [1.807, 2.05) is 0 Å². The van der Waals surface area contributed by atoms with Crippen LogP contribution >= 0.6 is 0 Å². The summed E-state index contributed by atoms with van der Waals surface area (Å²) in [5, 5.41) is 3.46. The van der Waals surface area contributed by atoms with Gasteiger partial charge in [0.1, 0.15) is 0 Å². The molecular weight excluding hydrogens is 234 g/mol. The maximum absolute atomic E-state index is 3.46. The monoisotopic (exact) mass is 267 g/mol. The Labute approximate surface area is 119 Å². The van der Waals surface area contributed by atoms with Gasteiger partial charge in [-0.15, -0.1) is 0 Å². The fourth-order valence-electron chi connectivity index (χ4n) is 3.35. The van der Waals surface area contributed by atoms with Gasteiger partial charge in [-0.2, -0.15) is 0 Å². The van der Waals surface area contributed by atoms with Gasteiger partial charge in [-0.3, -0.25) is 0 Å². The molecule has 0 unspecified atom stereocenters. The van der Waals surface area contributed by atoms with Crippen LogP contribution in [-0.4, -0.2) is 62.2 Å². The van der Waals surface area contributed by atoms with Gasteiger partial charge in [0.15, 0.2) is 0 Å². The fraction of sp³-hybridized carbons (Fsp3) is 1.00. The van der Waals surface area contributed by atoms with Crippen LogP contribution in [0.25, 0.3) is 0 Å². The Kier molecular flexibility index (Phi) is 6.62. The van der Waals surface area contributed by atoms with E-state index in [0.717, 1.165) is 11.8 Å². The molecule has 0 atom stereocenters. The molecule has 3 nitrogen and oxygen atoms in total. The average molecular weight is 267 g/mol. The lowest BCUT2D eigenvalue weighted by Gasteiger charge is -2.37. The maximum Gasteiger partial charge on any atom is 0.0110 e.